The quantitative estimate of drug-likeness (QED) is 0.891. The van der Waals surface area contributed by atoms with Crippen LogP contribution in [0.4, 0.5) is 4.39 Å². The smallest absolute Gasteiger partial charge is 0.141 e. The van der Waals surface area contributed by atoms with Crippen LogP contribution in [0.3, 0.4) is 0 Å². The standard InChI is InChI=1S/C14H17FN2S/c1-3-6-17-14(13-5-4-10(2)18-13)11-7-12(15)9-16-8-11/h4-5,7-9,14,17H,3,6H2,1-2H3. The van der Waals surface area contributed by atoms with Crippen LogP contribution in [0.15, 0.2) is 30.6 Å². The maximum Gasteiger partial charge on any atom is 0.141 e. The molecule has 18 heavy (non-hydrogen) atoms. The van der Waals surface area contributed by atoms with Gasteiger partial charge in [-0.05, 0) is 43.7 Å². The second-order valence-electron chi connectivity index (χ2n) is 4.27. The van der Waals surface area contributed by atoms with Gasteiger partial charge in [0.1, 0.15) is 5.82 Å². The number of aromatic nitrogens is 1. The molecule has 1 unspecified atom stereocenters. The molecule has 0 amide bonds. The fourth-order valence-electron chi connectivity index (χ4n) is 1.87. The van der Waals surface area contributed by atoms with Gasteiger partial charge in [-0.15, -0.1) is 11.3 Å². The fourth-order valence-corrected chi connectivity index (χ4v) is 2.85. The molecule has 0 radical (unpaired) electrons. The summed E-state index contributed by atoms with van der Waals surface area (Å²) in [6.45, 7) is 5.10. The molecule has 2 nitrogen and oxygen atoms in total. The van der Waals surface area contributed by atoms with Crippen molar-refractivity contribution < 1.29 is 4.39 Å². The van der Waals surface area contributed by atoms with E-state index in [9.17, 15) is 4.39 Å². The molecule has 2 heterocycles. The Labute approximate surface area is 111 Å². The number of nitrogens with one attached hydrogen (secondary N) is 1. The Balaban J connectivity index is 2.30. The highest BCUT2D eigenvalue weighted by molar-refractivity contribution is 7.12. The first-order valence-corrected chi connectivity index (χ1v) is 6.92. The fraction of sp³-hybridized carbons (Fsp3) is 0.357. The maximum absolute atomic E-state index is 13.3. The van der Waals surface area contributed by atoms with E-state index in [4.69, 9.17) is 0 Å². The lowest BCUT2D eigenvalue weighted by Gasteiger charge is -2.17. The largest absolute Gasteiger partial charge is 0.306 e. The van der Waals surface area contributed by atoms with Crippen LogP contribution in [0.5, 0.6) is 0 Å². The minimum absolute atomic E-state index is 0.0341. The third-order valence-electron chi connectivity index (χ3n) is 2.70. The normalized spacial score (nSPS) is 12.6. The summed E-state index contributed by atoms with van der Waals surface area (Å²) < 4.78 is 13.3. The predicted octanol–water partition coefficient (Wildman–Crippen LogP) is 3.68. The number of aryl methyl sites for hydroxylation is 1. The highest BCUT2D eigenvalue weighted by Crippen LogP contribution is 2.28. The zero-order valence-corrected chi connectivity index (χ0v) is 11.4. The van der Waals surface area contributed by atoms with Gasteiger partial charge in [-0.2, -0.15) is 0 Å². The molecule has 2 aromatic rings. The van der Waals surface area contributed by atoms with Crippen LogP contribution in [0, 0.1) is 12.7 Å². The first-order chi connectivity index (χ1) is 8.70. The van der Waals surface area contributed by atoms with Crippen molar-refractivity contribution in [3.63, 3.8) is 0 Å². The van der Waals surface area contributed by atoms with Gasteiger partial charge in [0.25, 0.3) is 0 Å². The number of hydrogen-bond donors (Lipinski definition) is 1. The summed E-state index contributed by atoms with van der Waals surface area (Å²) in [6.07, 6.45) is 4.01. The van der Waals surface area contributed by atoms with Crippen LogP contribution < -0.4 is 5.32 Å². The summed E-state index contributed by atoms with van der Waals surface area (Å²) in [7, 11) is 0. The molecule has 96 valence electrons. The molecule has 0 saturated carbocycles. The third kappa shape index (κ3) is 3.15. The van der Waals surface area contributed by atoms with Crippen molar-refractivity contribution in [3.05, 3.63) is 51.7 Å². The van der Waals surface area contributed by atoms with Crippen LogP contribution in [-0.4, -0.2) is 11.5 Å². The molecule has 0 fully saturated rings. The molecule has 0 saturated heterocycles. The van der Waals surface area contributed by atoms with Gasteiger partial charge in [0.2, 0.25) is 0 Å². The minimum Gasteiger partial charge on any atom is -0.306 e. The van der Waals surface area contributed by atoms with E-state index >= 15 is 0 Å². The monoisotopic (exact) mass is 264 g/mol. The van der Waals surface area contributed by atoms with Gasteiger partial charge < -0.3 is 5.32 Å². The number of halogens is 1. The Hall–Kier alpha value is -1.26. The van der Waals surface area contributed by atoms with Crippen LogP contribution in [-0.2, 0) is 0 Å². The molecule has 1 N–H and O–H groups in total. The van der Waals surface area contributed by atoms with Gasteiger partial charge >= 0.3 is 0 Å². The Morgan fingerprint density at radius 2 is 2.22 bits per heavy atom. The molecule has 0 aliphatic rings. The number of hydrogen-bond acceptors (Lipinski definition) is 3. The first-order valence-electron chi connectivity index (χ1n) is 6.11. The molecule has 4 heteroatoms. The van der Waals surface area contributed by atoms with Gasteiger partial charge in [-0.3, -0.25) is 4.98 Å². The van der Waals surface area contributed by atoms with Gasteiger partial charge in [0, 0.05) is 16.0 Å². The van der Waals surface area contributed by atoms with Crippen LogP contribution in [0.25, 0.3) is 0 Å². The van der Waals surface area contributed by atoms with Crippen molar-refractivity contribution in [3.8, 4) is 0 Å². The summed E-state index contributed by atoms with van der Waals surface area (Å²) in [5.41, 5.74) is 0.880. The summed E-state index contributed by atoms with van der Waals surface area (Å²) in [5.74, 6) is -0.288. The SMILES string of the molecule is CCCNC(c1cncc(F)c1)c1ccc(C)s1. The minimum atomic E-state index is -0.288. The number of pyridine rings is 1. The molecule has 0 aromatic carbocycles. The molecular weight excluding hydrogens is 247 g/mol. The van der Waals surface area contributed by atoms with Crippen molar-refractivity contribution in [1.29, 1.82) is 0 Å². The molecule has 2 rings (SSSR count). The van der Waals surface area contributed by atoms with Gasteiger partial charge in [-0.1, -0.05) is 6.92 Å². The van der Waals surface area contributed by atoms with E-state index in [1.807, 2.05) is 0 Å². The summed E-state index contributed by atoms with van der Waals surface area (Å²) in [4.78, 5) is 6.40. The van der Waals surface area contributed by atoms with Crippen molar-refractivity contribution in [2.75, 3.05) is 6.54 Å². The highest BCUT2D eigenvalue weighted by atomic mass is 32.1. The Bertz CT molecular complexity index is 510. The highest BCUT2D eigenvalue weighted by Gasteiger charge is 2.15. The van der Waals surface area contributed by atoms with Gasteiger partial charge in [-0.25, -0.2) is 4.39 Å². The summed E-state index contributed by atoms with van der Waals surface area (Å²) in [5, 5.41) is 3.45. The Morgan fingerprint density at radius 1 is 1.39 bits per heavy atom. The molecule has 0 bridgehead atoms. The predicted molar refractivity (Wildman–Crippen MR) is 73.4 cm³/mol. The second kappa shape index (κ2) is 6.07. The third-order valence-corrected chi connectivity index (χ3v) is 3.77. The second-order valence-corrected chi connectivity index (χ2v) is 5.59. The molecule has 0 aliphatic heterocycles. The first kappa shape index (κ1) is 13.2. The van der Waals surface area contributed by atoms with Crippen molar-refractivity contribution >= 4 is 11.3 Å². The van der Waals surface area contributed by atoms with E-state index in [0.717, 1.165) is 18.5 Å². The van der Waals surface area contributed by atoms with Gasteiger partial charge in [0.05, 0.1) is 12.2 Å². The van der Waals surface area contributed by atoms with E-state index in [-0.39, 0.29) is 11.9 Å². The molecule has 0 aliphatic carbocycles. The lowest BCUT2D eigenvalue weighted by molar-refractivity contribution is 0.585. The lowest BCUT2D eigenvalue weighted by atomic mass is 10.1. The van der Waals surface area contributed by atoms with Crippen molar-refractivity contribution in [2.24, 2.45) is 0 Å². The van der Waals surface area contributed by atoms with Crippen LogP contribution in [0.1, 0.15) is 34.7 Å². The molecular formula is C14H17FN2S. The van der Waals surface area contributed by atoms with E-state index in [0.29, 0.717) is 0 Å². The Morgan fingerprint density at radius 3 is 2.83 bits per heavy atom. The van der Waals surface area contributed by atoms with E-state index in [1.165, 1.54) is 16.0 Å². The van der Waals surface area contributed by atoms with Crippen molar-refractivity contribution in [1.82, 2.24) is 10.3 Å². The number of thiophene rings is 1. The zero-order chi connectivity index (χ0) is 13.0. The Kier molecular flexibility index (Phi) is 4.44. The van der Waals surface area contributed by atoms with E-state index < -0.39 is 0 Å². The molecule has 1 atom stereocenters. The lowest BCUT2D eigenvalue weighted by Crippen LogP contribution is -2.22. The average molecular weight is 264 g/mol. The van der Waals surface area contributed by atoms with E-state index in [2.05, 4.69) is 36.3 Å². The number of nitrogens with zero attached hydrogens (tertiary/aromatic N) is 1. The van der Waals surface area contributed by atoms with Crippen molar-refractivity contribution in [2.45, 2.75) is 26.3 Å². The topological polar surface area (TPSA) is 24.9 Å². The summed E-state index contributed by atoms with van der Waals surface area (Å²) in [6, 6.07) is 5.77. The molecule has 2 aromatic heterocycles. The van der Waals surface area contributed by atoms with Gasteiger partial charge in [0.15, 0.2) is 0 Å². The average Bonchev–Trinajstić information content (AvgIpc) is 2.76. The maximum atomic E-state index is 13.3. The van der Waals surface area contributed by atoms with Crippen LogP contribution >= 0.6 is 11.3 Å². The number of rotatable bonds is 5. The molecule has 0 spiro atoms. The van der Waals surface area contributed by atoms with Crippen LogP contribution in [0.2, 0.25) is 0 Å². The zero-order valence-electron chi connectivity index (χ0n) is 10.6. The summed E-state index contributed by atoms with van der Waals surface area (Å²) >= 11 is 1.73. The van der Waals surface area contributed by atoms with E-state index in [1.54, 1.807) is 23.6 Å².